The Morgan fingerprint density at radius 1 is 1.44 bits per heavy atom. The van der Waals surface area contributed by atoms with Crippen LogP contribution in [-0.4, -0.2) is 41.3 Å². The number of rotatable bonds is 1. The molecule has 0 aromatic rings. The van der Waals surface area contributed by atoms with Crippen LogP contribution in [0.2, 0.25) is 0 Å². The largest absolute Gasteiger partial charge is 0.325 e. The van der Waals surface area contributed by atoms with Crippen molar-refractivity contribution in [1.29, 1.82) is 0 Å². The maximum absolute atomic E-state index is 13.7. The van der Waals surface area contributed by atoms with Crippen molar-refractivity contribution < 1.29 is 8.78 Å². The fourth-order valence-electron chi connectivity index (χ4n) is 2.30. The smallest absolute Gasteiger partial charge is 0.306 e. The molecule has 2 rings (SSSR count). The van der Waals surface area contributed by atoms with E-state index in [0.717, 1.165) is 11.3 Å². The zero-order chi connectivity index (χ0) is 11.8. The lowest BCUT2D eigenvalue weighted by Crippen LogP contribution is -2.58. The Bertz CT molecular complexity index is 285. The summed E-state index contributed by atoms with van der Waals surface area (Å²) >= 11 is 5.85. The first-order valence-corrected chi connectivity index (χ1v) is 6.02. The van der Waals surface area contributed by atoms with E-state index in [2.05, 4.69) is 4.99 Å². The van der Waals surface area contributed by atoms with Gasteiger partial charge in [-0.25, -0.2) is 4.90 Å². The van der Waals surface area contributed by atoms with Crippen LogP contribution in [0, 0.1) is 0 Å². The van der Waals surface area contributed by atoms with E-state index in [4.69, 9.17) is 17.3 Å². The molecule has 92 valence electrons. The molecule has 2 N–H and O–H groups in total. The van der Waals surface area contributed by atoms with Crippen LogP contribution in [0.1, 0.15) is 25.7 Å². The number of likely N-dealkylation sites (tertiary alicyclic amines) is 1. The van der Waals surface area contributed by atoms with Crippen LogP contribution in [0.25, 0.3) is 0 Å². The van der Waals surface area contributed by atoms with Crippen LogP contribution in [0.3, 0.4) is 0 Å². The number of hydrogen-bond donors (Lipinski definition) is 1. The average molecular weight is 252 g/mol. The molecule has 2 aliphatic rings. The number of nitrogens with two attached hydrogens (primary N) is 1. The molecule has 6 heteroatoms. The van der Waals surface area contributed by atoms with Crippen molar-refractivity contribution in [2.24, 2.45) is 10.7 Å². The highest BCUT2D eigenvalue weighted by Crippen LogP contribution is 2.34. The highest BCUT2D eigenvalue weighted by atomic mass is 35.5. The fraction of sp³-hybridized carbons (Fsp3) is 0.900. The summed E-state index contributed by atoms with van der Waals surface area (Å²) in [5.41, 5.74) is 5.85. The van der Waals surface area contributed by atoms with Crippen molar-refractivity contribution in [3.8, 4) is 0 Å². The number of aliphatic imine (C=N–C) groups is 1. The first-order chi connectivity index (χ1) is 7.50. The van der Waals surface area contributed by atoms with Gasteiger partial charge < -0.3 is 5.73 Å². The second kappa shape index (κ2) is 4.55. The number of piperidine rings is 1. The predicted molar refractivity (Wildman–Crippen MR) is 60.0 cm³/mol. The molecule has 0 saturated carbocycles. The number of alkyl halides is 3. The lowest BCUT2D eigenvalue weighted by atomic mass is 10.0. The molecular formula is C10H16ClF2N3. The number of nitrogens with zero attached hydrogens (tertiary/aromatic N) is 2. The summed E-state index contributed by atoms with van der Waals surface area (Å²) in [7, 11) is 0. The topological polar surface area (TPSA) is 41.6 Å². The average Bonchev–Trinajstić information content (AvgIpc) is 2.19. The molecule has 0 aromatic carbocycles. The van der Waals surface area contributed by atoms with Gasteiger partial charge in [0, 0.05) is 25.2 Å². The van der Waals surface area contributed by atoms with Gasteiger partial charge in [0.15, 0.2) is 0 Å². The van der Waals surface area contributed by atoms with Gasteiger partial charge in [-0.2, -0.15) is 8.78 Å². The Kier molecular flexibility index (Phi) is 3.47. The quantitative estimate of drug-likeness (QED) is 0.570. The van der Waals surface area contributed by atoms with E-state index in [0.29, 0.717) is 19.4 Å². The second-order valence-electron chi connectivity index (χ2n) is 4.44. The van der Waals surface area contributed by atoms with Crippen molar-refractivity contribution in [3.63, 3.8) is 0 Å². The van der Waals surface area contributed by atoms with Crippen LogP contribution in [-0.2, 0) is 0 Å². The van der Waals surface area contributed by atoms with Crippen LogP contribution in [0.15, 0.2) is 4.99 Å². The third-order valence-corrected chi connectivity index (χ3v) is 3.44. The maximum Gasteiger partial charge on any atom is 0.306 e. The molecule has 3 unspecified atom stereocenters. The molecule has 3 atom stereocenters. The summed E-state index contributed by atoms with van der Waals surface area (Å²) in [6.45, 7) is 0.357. The van der Waals surface area contributed by atoms with Gasteiger partial charge in [-0.3, -0.25) is 4.99 Å². The first-order valence-electron chi connectivity index (χ1n) is 5.58. The molecule has 0 aliphatic carbocycles. The summed E-state index contributed by atoms with van der Waals surface area (Å²) in [6.07, 6.45) is 2.65. The van der Waals surface area contributed by atoms with Crippen LogP contribution >= 0.6 is 11.6 Å². The van der Waals surface area contributed by atoms with E-state index < -0.39 is 18.3 Å². The molecule has 0 amide bonds. The fourth-order valence-corrected chi connectivity index (χ4v) is 2.57. The molecule has 1 fully saturated rings. The zero-order valence-corrected chi connectivity index (χ0v) is 9.71. The minimum Gasteiger partial charge on any atom is -0.325 e. The van der Waals surface area contributed by atoms with Crippen molar-refractivity contribution >= 4 is 17.8 Å². The Hall–Kier alpha value is -0.260. The third kappa shape index (κ3) is 2.36. The van der Waals surface area contributed by atoms with Gasteiger partial charge in [-0.1, -0.05) is 0 Å². The van der Waals surface area contributed by atoms with E-state index in [-0.39, 0.29) is 11.8 Å². The van der Waals surface area contributed by atoms with Gasteiger partial charge in [0.1, 0.15) is 6.17 Å². The summed E-state index contributed by atoms with van der Waals surface area (Å²) in [6, 6.07) is -3.19. The van der Waals surface area contributed by atoms with Crippen molar-refractivity contribution in [2.45, 2.75) is 49.3 Å². The molecule has 0 spiro atoms. The highest BCUT2D eigenvalue weighted by Gasteiger charge is 2.45. The van der Waals surface area contributed by atoms with Crippen LogP contribution in [0.4, 0.5) is 8.78 Å². The predicted octanol–water partition coefficient (Wildman–Crippen LogP) is 1.80. The molecule has 2 aliphatic heterocycles. The number of hydrogen-bond acceptors (Lipinski definition) is 3. The van der Waals surface area contributed by atoms with Gasteiger partial charge in [-0.15, -0.1) is 11.6 Å². The maximum atomic E-state index is 13.7. The normalized spacial score (nSPS) is 39.9. The molecule has 16 heavy (non-hydrogen) atoms. The SMILES string of the molecule is NC1CC(Cl)C=NC1N1CCCCC1(F)F. The van der Waals surface area contributed by atoms with E-state index in [1.165, 1.54) is 6.21 Å². The Morgan fingerprint density at radius 2 is 2.19 bits per heavy atom. The van der Waals surface area contributed by atoms with Gasteiger partial charge in [0.05, 0.1) is 5.38 Å². The van der Waals surface area contributed by atoms with E-state index in [1.807, 2.05) is 0 Å². The van der Waals surface area contributed by atoms with Crippen molar-refractivity contribution in [2.75, 3.05) is 6.54 Å². The Balaban J connectivity index is 2.13. The van der Waals surface area contributed by atoms with Gasteiger partial charge >= 0.3 is 6.05 Å². The second-order valence-corrected chi connectivity index (χ2v) is 5.00. The molecule has 1 saturated heterocycles. The zero-order valence-electron chi connectivity index (χ0n) is 8.95. The lowest BCUT2D eigenvalue weighted by molar-refractivity contribution is -0.187. The summed E-state index contributed by atoms with van der Waals surface area (Å²) in [5.74, 6) is 0. The van der Waals surface area contributed by atoms with Crippen molar-refractivity contribution in [3.05, 3.63) is 0 Å². The first kappa shape index (κ1) is 12.2. The molecule has 0 aromatic heterocycles. The minimum atomic E-state index is -2.78. The van der Waals surface area contributed by atoms with Gasteiger partial charge in [0.25, 0.3) is 0 Å². The Morgan fingerprint density at radius 3 is 2.81 bits per heavy atom. The third-order valence-electron chi connectivity index (χ3n) is 3.15. The summed E-state index contributed by atoms with van der Waals surface area (Å²) < 4.78 is 27.4. The van der Waals surface area contributed by atoms with Gasteiger partial charge in [0.2, 0.25) is 0 Å². The minimum absolute atomic E-state index is 0.101. The van der Waals surface area contributed by atoms with Crippen molar-refractivity contribution in [1.82, 2.24) is 4.90 Å². The Labute approximate surface area is 98.6 Å². The highest BCUT2D eigenvalue weighted by molar-refractivity contribution is 6.28. The number of halogens is 3. The van der Waals surface area contributed by atoms with E-state index >= 15 is 0 Å². The van der Waals surface area contributed by atoms with Crippen LogP contribution < -0.4 is 5.73 Å². The van der Waals surface area contributed by atoms with Gasteiger partial charge in [-0.05, 0) is 19.3 Å². The molecule has 3 nitrogen and oxygen atoms in total. The molecule has 2 heterocycles. The molecular weight excluding hydrogens is 236 g/mol. The van der Waals surface area contributed by atoms with E-state index in [9.17, 15) is 8.78 Å². The molecule has 0 bridgehead atoms. The standard InChI is InChI=1S/C10H16ClF2N3/c11-7-5-8(14)9(15-6-7)16-4-2-1-3-10(16,12)13/h6-9H,1-5,14H2. The molecule has 0 radical (unpaired) electrons. The monoisotopic (exact) mass is 251 g/mol. The summed E-state index contributed by atoms with van der Waals surface area (Å²) in [4.78, 5) is 5.20. The summed E-state index contributed by atoms with van der Waals surface area (Å²) in [5, 5.41) is -0.232. The lowest BCUT2D eigenvalue weighted by Gasteiger charge is -2.42. The van der Waals surface area contributed by atoms with E-state index in [1.54, 1.807) is 0 Å². The van der Waals surface area contributed by atoms with Crippen LogP contribution in [0.5, 0.6) is 0 Å².